The molecule has 0 aromatic heterocycles. The number of hydrogen-bond donors (Lipinski definition) is 1. The number of nitriles is 1. The van der Waals surface area contributed by atoms with Gasteiger partial charge in [0.2, 0.25) is 0 Å². The maximum Gasteiger partial charge on any atom is 0.406 e. The SMILES string of the molecule is CCN(CCC#N)C(=O)N(CC(=O)O)CC(F)(F)F. The van der Waals surface area contributed by atoms with Crippen LogP contribution in [0.15, 0.2) is 0 Å². The fourth-order valence-electron chi connectivity index (χ4n) is 1.34. The van der Waals surface area contributed by atoms with Crippen LogP contribution in [0.5, 0.6) is 0 Å². The van der Waals surface area contributed by atoms with Crippen LogP contribution in [-0.2, 0) is 4.79 Å². The first kappa shape index (κ1) is 17.0. The van der Waals surface area contributed by atoms with E-state index < -0.39 is 31.3 Å². The number of nitrogens with zero attached hydrogens (tertiary/aromatic N) is 3. The molecule has 19 heavy (non-hydrogen) atoms. The van der Waals surface area contributed by atoms with Crippen LogP contribution < -0.4 is 0 Å². The van der Waals surface area contributed by atoms with Gasteiger partial charge in [-0.3, -0.25) is 4.79 Å². The molecule has 0 bridgehead atoms. The lowest BCUT2D eigenvalue weighted by Crippen LogP contribution is -2.49. The Morgan fingerprint density at radius 1 is 1.32 bits per heavy atom. The van der Waals surface area contributed by atoms with Gasteiger partial charge in [-0.25, -0.2) is 4.79 Å². The Hall–Kier alpha value is -1.98. The van der Waals surface area contributed by atoms with E-state index in [-0.39, 0.29) is 24.4 Å². The zero-order chi connectivity index (χ0) is 15.1. The summed E-state index contributed by atoms with van der Waals surface area (Å²) in [5, 5.41) is 16.9. The van der Waals surface area contributed by atoms with E-state index in [1.54, 1.807) is 6.07 Å². The van der Waals surface area contributed by atoms with Crippen molar-refractivity contribution in [2.24, 2.45) is 0 Å². The molecule has 0 atom stereocenters. The predicted octanol–water partition coefficient (Wildman–Crippen LogP) is 1.29. The zero-order valence-corrected chi connectivity index (χ0v) is 10.3. The summed E-state index contributed by atoms with van der Waals surface area (Å²) in [7, 11) is 0. The molecule has 0 aliphatic rings. The number of carboxylic acid groups (broad SMARTS) is 1. The monoisotopic (exact) mass is 281 g/mol. The average Bonchev–Trinajstić information content (AvgIpc) is 2.26. The molecule has 2 amide bonds. The molecule has 9 heteroatoms. The molecule has 0 unspecified atom stereocenters. The Labute approximate surface area is 108 Å². The highest BCUT2D eigenvalue weighted by molar-refractivity contribution is 5.80. The van der Waals surface area contributed by atoms with E-state index in [9.17, 15) is 22.8 Å². The molecule has 0 fully saturated rings. The third kappa shape index (κ3) is 7.13. The Bertz CT molecular complexity index is 365. The molecule has 0 saturated carbocycles. The molecule has 0 aliphatic heterocycles. The summed E-state index contributed by atoms with van der Waals surface area (Å²) in [6.45, 7) is -1.10. The van der Waals surface area contributed by atoms with Crippen molar-refractivity contribution in [2.75, 3.05) is 26.2 Å². The Morgan fingerprint density at radius 2 is 1.89 bits per heavy atom. The van der Waals surface area contributed by atoms with Crippen LogP contribution in [0.1, 0.15) is 13.3 Å². The van der Waals surface area contributed by atoms with Crippen molar-refractivity contribution >= 4 is 12.0 Å². The largest absolute Gasteiger partial charge is 0.480 e. The summed E-state index contributed by atoms with van der Waals surface area (Å²) in [5.41, 5.74) is 0. The predicted molar refractivity (Wildman–Crippen MR) is 58.1 cm³/mol. The number of urea groups is 1. The summed E-state index contributed by atoms with van der Waals surface area (Å²) in [6.07, 6.45) is -4.72. The Morgan fingerprint density at radius 3 is 2.26 bits per heavy atom. The lowest BCUT2D eigenvalue weighted by molar-refractivity contribution is -0.149. The molecule has 0 aromatic carbocycles. The molecule has 0 rings (SSSR count). The van der Waals surface area contributed by atoms with Crippen molar-refractivity contribution in [3.05, 3.63) is 0 Å². The van der Waals surface area contributed by atoms with Crippen molar-refractivity contribution < 1.29 is 27.9 Å². The highest BCUT2D eigenvalue weighted by Crippen LogP contribution is 2.17. The summed E-state index contributed by atoms with van der Waals surface area (Å²) >= 11 is 0. The molecule has 0 aliphatic carbocycles. The Balaban J connectivity index is 4.86. The maximum absolute atomic E-state index is 12.3. The van der Waals surface area contributed by atoms with Gasteiger partial charge in [0, 0.05) is 13.1 Å². The molecule has 0 radical (unpaired) electrons. The molecule has 0 spiro atoms. The number of aliphatic carboxylic acids is 1. The van der Waals surface area contributed by atoms with E-state index in [4.69, 9.17) is 10.4 Å². The second kappa shape index (κ2) is 7.45. The van der Waals surface area contributed by atoms with Crippen molar-refractivity contribution in [2.45, 2.75) is 19.5 Å². The minimum Gasteiger partial charge on any atom is -0.480 e. The second-order valence-corrected chi connectivity index (χ2v) is 3.64. The molecule has 6 nitrogen and oxygen atoms in total. The quantitative estimate of drug-likeness (QED) is 0.795. The topological polar surface area (TPSA) is 84.6 Å². The molecular formula is C10H14F3N3O3. The van der Waals surface area contributed by atoms with Crippen LogP contribution in [0.2, 0.25) is 0 Å². The van der Waals surface area contributed by atoms with Crippen LogP contribution >= 0.6 is 0 Å². The van der Waals surface area contributed by atoms with Crippen LogP contribution in [0.25, 0.3) is 0 Å². The van der Waals surface area contributed by atoms with Gasteiger partial charge >= 0.3 is 18.2 Å². The number of hydrogen-bond acceptors (Lipinski definition) is 3. The highest BCUT2D eigenvalue weighted by atomic mass is 19.4. The number of amides is 2. The van der Waals surface area contributed by atoms with Gasteiger partial charge < -0.3 is 14.9 Å². The van der Waals surface area contributed by atoms with E-state index in [2.05, 4.69) is 0 Å². The van der Waals surface area contributed by atoms with Gasteiger partial charge in [-0.05, 0) is 6.92 Å². The molecule has 1 N–H and O–H groups in total. The lowest BCUT2D eigenvalue weighted by Gasteiger charge is -2.29. The summed E-state index contributed by atoms with van der Waals surface area (Å²) < 4.78 is 36.8. The fourth-order valence-corrected chi connectivity index (χ4v) is 1.34. The number of alkyl halides is 3. The van der Waals surface area contributed by atoms with Crippen molar-refractivity contribution in [3.63, 3.8) is 0 Å². The van der Waals surface area contributed by atoms with Gasteiger partial charge in [-0.15, -0.1) is 0 Å². The molecule has 108 valence electrons. The standard InChI is InChI=1S/C10H14F3N3O3/c1-2-15(5-3-4-14)9(19)16(6-8(17)18)7-10(11,12)13/h2-3,5-7H2,1H3,(H,17,18). The molecule has 0 heterocycles. The summed E-state index contributed by atoms with van der Waals surface area (Å²) in [6, 6.07) is 0.720. The smallest absolute Gasteiger partial charge is 0.406 e. The van der Waals surface area contributed by atoms with Gasteiger partial charge in [0.1, 0.15) is 13.1 Å². The van der Waals surface area contributed by atoms with Crippen LogP contribution in [0.3, 0.4) is 0 Å². The van der Waals surface area contributed by atoms with Gasteiger partial charge in [-0.2, -0.15) is 18.4 Å². The van der Waals surface area contributed by atoms with Crippen LogP contribution in [-0.4, -0.2) is 59.3 Å². The third-order valence-corrected chi connectivity index (χ3v) is 2.11. The van der Waals surface area contributed by atoms with E-state index in [0.717, 1.165) is 4.90 Å². The average molecular weight is 281 g/mol. The van der Waals surface area contributed by atoms with E-state index in [1.165, 1.54) is 6.92 Å². The third-order valence-electron chi connectivity index (χ3n) is 2.11. The number of rotatable bonds is 6. The van der Waals surface area contributed by atoms with E-state index >= 15 is 0 Å². The zero-order valence-electron chi connectivity index (χ0n) is 10.3. The molecule has 0 aromatic rings. The van der Waals surface area contributed by atoms with Gasteiger partial charge in [0.05, 0.1) is 12.5 Å². The maximum atomic E-state index is 12.3. The van der Waals surface area contributed by atoms with Gasteiger partial charge in [0.25, 0.3) is 0 Å². The number of carbonyl (C=O) groups excluding carboxylic acids is 1. The number of carbonyl (C=O) groups is 2. The fraction of sp³-hybridized carbons (Fsp3) is 0.700. The minimum atomic E-state index is -4.68. The van der Waals surface area contributed by atoms with Gasteiger partial charge in [0.15, 0.2) is 0 Å². The van der Waals surface area contributed by atoms with Crippen molar-refractivity contribution in [1.29, 1.82) is 5.26 Å². The van der Waals surface area contributed by atoms with Crippen LogP contribution in [0, 0.1) is 11.3 Å². The number of halogens is 3. The van der Waals surface area contributed by atoms with Crippen molar-refractivity contribution in [1.82, 2.24) is 9.80 Å². The molecule has 0 saturated heterocycles. The van der Waals surface area contributed by atoms with Gasteiger partial charge in [-0.1, -0.05) is 0 Å². The normalized spacial score (nSPS) is 10.7. The summed E-state index contributed by atoms with van der Waals surface area (Å²) in [4.78, 5) is 23.5. The molecular weight excluding hydrogens is 267 g/mol. The first-order valence-electron chi connectivity index (χ1n) is 5.40. The minimum absolute atomic E-state index is 0.0352. The van der Waals surface area contributed by atoms with Crippen molar-refractivity contribution in [3.8, 4) is 6.07 Å². The second-order valence-electron chi connectivity index (χ2n) is 3.64. The first-order valence-corrected chi connectivity index (χ1v) is 5.40. The lowest BCUT2D eigenvalue weighted by atomic mass is 10.4. The Kier molecular flexibility index (Phi) is 6.68. The van der Waals surface area contributed by atoms with E-state index in [1.807, 2.05) is 0 Å². The number of carboxylic acids is 1. The van der Waals surface area contributed by atoms with E-state index in [0.29, 0.717) is 0 Å². The van der Waals surface area contributed by atoms with Crippen LogP contribution in [0.4, 0.5) is 18.0 Å². The first-order chi connectivity index (χ1) is 8.71. The summed E-state index contributed by atoms with van der Waals surface area (Å²) in [5.74, 6) is -1.53. The highest BCUT2D eigenvalue weighted by Gasteiger charge is 2.35.